The molecule has 0 bridgehead atoms. The van der Waals surface area contributed by atoms with Gasteiger partial charge in [-0.3, -0.25) is 4.79 Å². The Morgan fingerprint density at radius 2 is 2.16 bits per heavy atom. The maximum absolute atomic E-state index is 11.4. The van der Waals surface area contributed by atoms with Crippen molar-refractivity contribution in [2.45, 2.75) is 6.54 Å². The van der Waals surface area contributed by atoms with E-state index in [0.717, 1.165) is 5.56 Å². The van der Waals surface area contributed by atoms with Gasteiger partial charge in [0.2, 0.25) is 5.91 Å². The molecule has 0 aliphatic carbocycles. The summed E-state index contributed by atoms with van der Waals surface area (Å²) in [5.41, 5.74) is 0.878. The zero-order valence-electron chi connectivity index (χ0n) is 11.2. The second kappa shape index (κ2) is 8.34. The van der Waals surface area contributed by atoms with E-state index in [1.165, 1.54) is 7.11 Å². The Bertz CT molecular complexity index is 410. The van der Waals surface area contributed by atoms with Crippen LogP contribution in [0.1, 0.15) is 5.56 Å². The van der Waals surface area contributed by atoms with Gasteiger partial charge in [-0.05, 0) is 17.7 Å². The second-order valence-corrected chi connectivity index (χ2v) is 3.95. The van der Waals surface area contributed by atoms with Crippen molar-refractivity contribution in [2.75, 3.05) is 33.9 Å². The van der Waals surface area contributed by atoms with E-state index in [4.69, 9.17) is 9.47 Å². The zero-order valence-corrected chi connectivity index (χ0v) is 11.2. The topological polar surface area (TPSA) is 79.8 Å². The van der Waals surface area contributed by atoms with E-state index < -0.39 is 0 Å². The lowest BCUT2D eigenvalue weighted by Gasteiger charge is -2.08. The van der Waals surface area contributed by atoms with Gasteiger partial charge in [0.25, 0.3) is 0 Å². The summed E-state index contributed by atoms with van der Waals surface area (Å²) in [4.78, 5) is 11.4. The van der Waals surface area contributed by atoms with Gasteiger partial charge >= 0.3 is 0 Å². The largest absolute Gasteiger partial charge is 0.504 e. The van der Waals surface area contributed by atoms with Gasteiger partial charge in [-0.15, -0.1) is 0 Å². The van der Waals surface area contributed by atoms with E-state index in [2.05, 4.69) is 10.6 Å². The molecule has 0 saturated heterocycles. The van der Waals surface area contributed by atoms with Crippen molar-refractivity contribution in [2.24, 2.45) is 0 Å². The van der Waals surface area contributed by atoms with Crippen molar-refractivity contribution in [1.82, 2.24) is 10.6 Å². The lowest BCUT2D eigenvalue weighted by atomic mass is 10.2. The minimum absolute atomic E-state index is 0.0882. The summed E-state index contributed by atoms with van der Waals surface area (Å²) in [5.74, 6) is 0.433. The number of phenols is 1. The van der Waals surface area contributed by atoms with E-state index in [1.54, 1.807) is 19.2 Å². The molecule has 1 aromatic carbocycles. The lowest BCUT2D eigenvalue weighted by Crippen LogP contribution is -2.35. The van der Waals surface area contributed by atoms with Crippen LogP contribution in [0.2, 0.25) is 0 Å². The van der Waals surface area contributed by atoms with Gasteiger partial charge in [-0.1, -0.05) is 6.07 Å². The summed E-state index contributed by atoms with van der Waals surface area (Å²) in [7, 11) is 3.08. The number of hydrogen-bond acceptors (Lipinski definition) is 5. The molecule has 0 fully saturated rings. The molecule has 0 aliphatic heterocycles. The summed E-state index contributed by atoms with van der Waals surface area (Å²) in [6.07, 6.45) is 0. The van der Waals surface area contributed by atoms with E-state index in [0.29, 0.717) is 25.4 Å². The quantitative estimate of drug-likeness (QED) is 0.589. The Kier molecular flexibility index (Phi) is 6.70. The van der Waals surface area contributed by atoms with Gasteiger partial charge in [-0.2, -0.15) is 0 Å². The molecular formula is C13H20N2O4. The normalized spacial score (nSPS) is 10.2. The third-order valence-electron chi connectivity index (χ3n) is 2.49. The van der Waals surface area contributed by atoms with Crippen LogP contribution in [0.15, 0.2) is 18.2 Å². The molecule has 1 aromatic rings. The van der Waals surface area contributed by atoms with Crippen LogP contribution in [0.4, 0.5) is 0 Å². The molecule has 0 unspecified atom stereocenters. The number of rotatable bonds is 8. The molecule has 19 heavy (non-hydrogen) atoms. The summed E-state index contributed by atoms with van der Waals surface area (Å²) < 4.78 is 9.78. The highest BCUT2D eigenvalue weighted by atomic mass is 16.5. The first kappa shape index (κ1) is 15.3. The SMILES string of the molecule is COCCNC(=O)CNCc1ccc(OC)c(O)c1. The molecule has 0 radical (unpaired) electrons. The molecule has 1 rings (SSSR count). The van der Waals surface area contributed by atoms with Crippen molar-refractivity contribution in [1.29, 1.82) is 0 Å². The number of benzene rings is 1. The minimum Gasteiger partial charge on any atom is -0.504 e. The van der Waals surface area contributed by atoms with Gasteiger partial charge < -0.3 is 25.2 Å². The Morgan fingerprint density at radius 3 is 2.79 bits per heavy atom. The molecule has 0 aliphatic rings. The molecule has 6 nitrogen and oxygen atoms in total. The summed E-state index contributed by atoms with van der Waals surface area (Å²) in [6.45, 7) is 1.71. The third-order valence-corrected chi connectivity index (χ3v) is 2.49. The van der Waals surface area contributed by atoms with Crippen LogP contribution in [0.3, 0.4) is 0 Å². The number of phenolic OH excluding ortho intramolecular Hbond substituents is 1. The molecule has 1 amide bonds. The molecule has 0 spiro atoms. The number of carbonyl (C=O) groups excluding carboxylic acids is 1. The van der Waals surface area contributed by atoms with Gasteiger partial charge in [0, 0.05) is 20.2 Å². The van der Waals surface area contributed by atoms with Crippen LogP contribution in [0.25, 0.3) is 0 Å². The molecule has 106 valence electrons. The van der Waals surface area contributed by atoms with Crippen LogP contribution >= 0.6 is 0 Å². The maximum atomic E-state index is 11.4. The first-order valence-electron chi connectivity index (χ1n) is 5.99. The summed E-state index contributed by atoms with van der Waals surface area (Å²) in [6, 6.07) is 5.12. The van der Waals surface area contributed by atoms with Gasteiger partial charge in [0.1, 0.15) is 0 Å². The molecule has 0 heterocycles. The molecule has 3 N–H and O–H groups in total. The van der Waals surface area contributed by atoms with Crippen molar-refractivity contribution >= 4 is 5.91 Å². The average Bonchev–Trinajstić information content (AvgIpc) is 2.39. The summed E-state index contributed by atoms with van der Waals surface area (Å²) >= 11 is 0. The van der Waals surface area contributed by atoms with Crippen LogP contribution in [0.5, 0.6) is 11.5 Å². The van der Waals surface area contributed by atoms with Crippen molar-refractivity contribution in [3.63, 3.8) is 0 Å². The van der Waals surface area contributed by atoms with Crippen LogP contribution in [0, 0.1) is 0 Å². The fraction of sp³-hybridized carbons (Fsp3) is 0.462. The first-order chi connectivity index (χ1) is 9.17. The number of ether oxygens (including phenoxy) is 2. The van der Waals surface area contributed by atoms with Gasteiger partial charge in [0.15, 0.2) is 11.5 Å². The smallest absolute Gasteiger partial charge is 0.234 e. The number of nitrogens with one attached hydrogen (secondary N) is 2. The highest BCUT2D eigenvalue weighted by Crippen LogP contribution is 2.25. The Morgan fingerprint density at radius 1 is 1.37 bits per heavy atom. The van der Waals surface area contributed by atoms with E-state index in [1.807, 2.05) is 6.07 Å². The van der Waals surface area contributed by atoms with Crippen molar-refractivity contribution in [3.05, 3.63) is 23.8 Å². The van der Waals surface area contributed by atoms with E-state index in [-0.39, 0.29) is 18.2 Å². The van der Waals surface area contributed by atoms with Gasteiger partial charge in [-0.25, -0.2) is 0 Å². The number of aromatic hydroxyl groups is 1. The number of carbonyl (C=O) groups is 1. The molecular weight excluding hydrogens is 248 g/mol. The first-order valence-corrected chi connectivity index (χ1v) is 5.99. The molecule has 0 atom stereocenters. The standard InChI is InChI=1S/C13H20N2O4/c1-18-6-5-15-13(17)9-14-8-10-3-4-12(19-2)11(16)7-10/h3-4,7,14,16H,5-6,8-9H2,1-2H3,(H,15,17). The van der Waals surface area contributed by atoms with E-state index in [9.17, 15) is 9.90 Å². The minimum atomic E-state index is -0.0882. The lowest BCUT2D eigenvalue weighted by molar-refractivity contribution is -0.120. The monoisotopic (exact) mass is 268 g/mol. The number of methoxy groups -OCH3 is 2. The molecule has 0 aromatic heterocycles. The molecule has 0 saturated carbocycles. The Balaban J connectivity index is 2.29. The van der Waals surface area contributed by atoms with Crippen LogP contribution in [-0.2, 0) is 16.1 Å². The summed E-state index contributed by atoms with van der Waals surface area (Å²) in [5, 5.41) is 15.3. The Hall–Kier alpha value is -1.79. The zero-order chi connectivity index (χ0) is 14.1. The highest BCUT2D eigenvalue weighted by molar-refractivity contribution is 5.77. The number of amides is 1. The Labute approximate surface area is 112 Å². The van der Waals surface area contributed by atoms with Crippen molar-refractivity contribution in [3.8, 4) is 11.5 Å². The fourth-order valence-electron chi connectivity index (χ4n) is 1.52. The third kappa shape index (κ3) is 5.58. The van der Waals surface area contributed by atoms with Crippen LogP contribution < -0.4 is 15.4 Å². The van der Waals surface area contributed by atoms with Crippen molar-refractivity contribution < 1.29 is 19.4 Å². The highest BCUT2D eigenvalue weighted by Gasteiger charge is 2.03. The predicted octanol–water partition coefficient (Wildman–Crippen LogP) is 0.253. The average molecular weight is 268 g/mol. The van der Waals surface area contributed by atoms with Gasteiger partial charge in [0.05, 0.1) is 20.3 Å². The maximum Gasteiger partial charge on any atom is 0.234 e. The predicted molar refractivity (Wildman–Crippen MR) is 71.3 cm³/mol. The molecule has 6 heteroatoms. The fourth-order valence-corrected chi connectivity index (χ4v) is 1.52. The number of hydrogen-bond donors (Lipinski definition) is 3. The van der Waals surface area contributed by atoms with Crippen LogP contribution in [-0.4, -0.2) is 44.9 Å². The van der Waals surface area contributed by atoms with E-state index >= 15 is 0 Å². The second-order valence-electron chi connectivity index (χ2n) is 3.95.